The molecule has 0 aromatic heterocycles. The van der Waals surface area contributed by atoms with Crippen molar-refractivity contribution < 1.29 is 4.79 Å². The third-order valence-corrected chi connectivity index (χ3v) is 3.91. The first-order valence-electron chi connectivity index (χ1n) is 7.20. The van der Waals surface area contributed by atoms with Gasteiger partial charge in [0.1, 0.15) is 0 Å². The van der Waals surface area contributed by atoms with E-state index in [9.17, 15) is 4.79 Å². The van der Waals surface area contributed by atoms with Gasteiger partial charge in [-0.2, -0.15) is 0 Å². The quantitative estimate of drug-likeness (QED) is 0.774. The van der Waals surface area contributed by atoms with Gasteiger partial charge in [0.25, 0.3) is 0 Å². The fraction of sp³-hybridized carbons (Fsp3) is 0.929. The molecule has 0 saturated carbocycles. The van der Waals surface area contributed by atoms with E-state index in [0.29, 0.717) is 12.6 Å². The maximum absolute atomic E-state index is 11.6. The maximum atomic E-state index is 11.6. The number of nitrogens with zero attached hydrogens (tertiary/aromatic N) is 2. The van der Waals surface area contributed by atoms with Gasteiger partial charge in [0, 0.05) is 20.1 Å². The molecule has 1 saturated heterocycles. The van der Waals surface area contributed by atoms with Crippen LogP contribution in [-0.2, 0) is 4.79 Å². The van der Waals surface area contributed by atoms with E-state index in [1.807, 2.05) is 14.1 Å². The zero-order valence-corrected chi connectivity index (χ0v) is 12.4. The summed E-state index contributed by atoms with van der Waals surface area (Å²) in [6, 6.07) is 0.608. The third kappa shape index (κ3) is 4.94. The zero-order chi connectivity index (χ0) is 13.5. The van der Waals surface area contributed by atoms with Gasteiger partial charge in [-0.25, -0.2) is 0 Å². The van der Waals surface area contributed by atoms with E-state index in [4.69, 9.17) is 0 Å². The molecule has 1 rings (SSSR count). The van der Waals surface area contributed by atoms with E-state index in [1.54, 1.807) is 4.90 Å². The van der Waals surface area contributed by atoms with Crippen molar-refractivity contribution in [3.63, 3.8) is 0 Å². The van der Waals surface area contributed by atoms with E-state index < -0.39 is 0 Å². The number of hydrogen-bond acceptors (Lipinski definition) is 3. The van der Waals surface area contributed by atoms with E-state index in [2.05, 4.69) is 24.1 Å². The van der Waals surface area contributed by atoms with Crippen LogP contribution in [0.3, 0.4) is 0 Å². The van der Waals surface area contributed by atoms with Crippen LogP contribution < -0.4 is 5.32 Å². The van der Waals surface area contributed by atoms with E-state index >= 15 is 0 Å². The van der Waals surface area contributed by atoms with Crippen LogP contribution in [0.15, 0.2) is 0 Å². The van der Waals surface area contributed by atoms with Crippen molar-refractivity contribution in [3.05, 3.63) is 0 Å². The van der Waals surface area contributed by atoms with Gasteiger partial charge in [-0.15, -0.1) is 0 Å². The average molecular weight is 255 g/mol. The minimum absolute atomic E-state index is 0.214. The Morgan fingerprint density at radius 3 is 2.50 bits per heavy atom. The van der Waals surface area contributed by atoms with Crippen LogP contribution >= 0.6 is 0 Å². The topological polar surface area (TPSA) is 35.6 Å². The Bertz CT molecular complexity index is 247. The summed E-state index contributed by atoms with van der Waals surface area (Å²) in [6.07, 6.45) is 3.61. The molecule has 106 valence electrons. The SMILES string of the molecule is CCCNC(C)C1CCN(CC(=O)N(C)C)CC1. The van der Waals surface area contributed by atoms with Crippen LogP contribution in [0.25, 0.3) is 0 Å². The largest absolute Gasteiger partial charge is 0.348 e. The second kappa shape index (κ2) is 7.74. The summed E-state index contributed by atoms with van der Waals surface area (Å²) < 4.78 is 0. The highest BCUT2D eigenvalue weighted by Crippen LogP contribution is 2.20. The summed E-state index contributed by atoms with van der Waals surface area (Å²) >= 11 is 0. The minimum atomic E-state index is 0.214. The predicted octanol–water partition coefficient (Wildman–Crippen LogP) is 1.17. The van der Waals surface area contributed by atoms with Crippen LogP contribution in [-0.4, -0.2) is 62.0 Å². The molecule has 0 bridgehead atoms. The second-order valence-corrected chi connectivity index (χ2v) is 5.64. The molecule has 18 heavy (non-hydrogen) atoms. The zero-order valence-electron chi connectivity index (χ0n) is 12.4. The van der Waals surface area contributed by atoms with Crippen molar-refractivity contribution >= 4 is 5.91 Å². The van der Waals surface area contributed by atoms with Crippen molar-refractivity contribution in [1.29, 1.82) is 0 Å². The van der Waals surface area contributed by atoms with Crippen molar-refractivity contribution in [2.45, 2.75) is 39.2 Å². The lowest BCUT2D eigenvalue weighted by atomic mass is 9.90. The molecule has 1 atom stereocenters. The van der Waals surface area contributed by atoms with Crippen LogP contribution in [0.1, 0.15) is 33.1 Å². The number of likely N-dealkylation sites (N-methyl/N-ethyl adjacent to an activating group) is 1. The van der Waals surface area contributed by atoms with Gasteiger partial charge in [-0.1, -0.05) is 6.92 Å². The molecular formula is C14H29N3O. The molecular weight excluding hydrogens is 226 g/mol. The number of amides is 1. The minimum Gasteiger partial charge on any atom is -0.348 e. The Balaban J connectivity index is 2.26. The predicted molar refractivity (Wildman–Crippen MR) is 75.6 cm³/mol. The number of carbonyl (C=O) groups is 1. The van der Waals surface area contributed by atoms with E-state index in [1.165, 1.54) is 19.3 Å². The fourth-order valence-electron chi connectivity index (χ4n) is 2.48. The van der Waals surface area contributed by atoms with E-state index in [0.717, 1.165) is 25.6 Å². The Kier molecular flexibility index (Phi) is 6.65. The monoisotopic (exact) mass is 255 g/mol. The summed E-state index contributed by atoms with van der Waals surface area (Å²) in [5.41, 5.74) is 0. The lowest BCUT2D eigenvalue weighted by Crippen LogP contribution is -2.45. The number of piperidine rings is 1. The smallest absolute Gasteiger partial charge is 0.236 e. The summed E-state index contributed by atoms with van der Waals surface area (Å²) in [5, 5.41) is 3.58. The molecule has 0 spiro atoms. The maximum Gasteiger partial charge on any atom is 0.236 e. The Morgan fingerprint density at radius 2 is 2.00 bits per heavy atom. The third-order valence-electron chi connectivity index (χ3n) is 3.91. The molecule has 1 amide bonds. The van der Waals surface area contributed by atoms with Crippen LogP contribution in [0.5, 0.6) is 0 Å². The summed E-state index contributed by atoms with van der Waals surface area (Å²) in [4.78, 5) is 15.6. The standard InChI is InChI=1S/C14H29N3O/c1-5-8-15-12(2)13-6-9-17(10-7-13)11-14(18)16(3)4/h12-13,15H,5-11H2,1-4H3. The molecule has 1 heterocycles. The lowest BCUT2D eigenvalue weighted by Gasteiger charge is -2.35. The molecule has 1 aliphatic heterocycles. The fourth-order valence-corrected chi connectivity index (χ4v) is 2.48. The number of likely N-dealkylation sites (tertiary alicyclic amines) is 1. The number of carbonyl (C=O) groups excluding carboxylic acids is 1. The summed E-state index contributed by atoms with van der Waals surface area (Å²) in [5.74, 6) is 0.980. The average Bonchev–Trinajstić information content (AvgIpc) is 2.36. The van der Waals surface area contributed by atoms with Gasteiger partial charge in [0.2, 0.25) is 5.91 Å². The van der Waals surface area contributed by atoms with Crippen molar-refractivity contribution in [2.24, 2.45) is 5.92 Å². The number of nitrogens with one attached hydrogen (secondary N) is 1. The van der Waals surface area contributed by atoms with Gasteiger partial charge < -0.3 is 10.2 Å². The van der Waals surface area contributed by atoms with E-state index in [-0.39, 0.29) is 5.91 Å². The van der Waals surface area contributed by atoms with Gasteiger partial charge in [0.15, 0.2) is 0 Å². The highest BCUT2D eigenvalue weighted by atomic mass is 16.2. The van der Waals surface area contributed by atoms with Crippen LogP contribution in [0.2, 0.25) is 0 Å². The molecule has 1 N–H and O–H groups in total. The van der Waals surface area contributed by atoms with Crippen LogP contribution in [0.4, 0.5) is 0 Å². The molecule has 1 unspecified atom stereocenters. The van der Waals surface area contributed by atoms with Crippen molar-refractivity contribution in [1.82, 2.24) is 15.1 Å². The second-order valence-electron chi connectivity index (χ2n) is 5.64. The normalized spacial score (nSPS) is 19.8. The van der Waals surface area contributed by atoms with Gasteiger partial charge in [-0.05, 0) is 51.7 Å². The highest BCUT2D eigenvalue weighted by Gasteiger charge is 2.24. The highest BCUT2D eigenvalue weighted by molar-refractivity contribution is 5.77. The van der Waals surface area contributed by atoms with Gasteiger partial charge in [-0.3, -0.25) is 9.69 Å². The van der Waals surface area contributed by atoms with Crippen molar-refractivity contribution in [2.75, 3.05) is 40.3 Å². The Labute approximate surface area is 112 Å². The number of hydrogen-bond donors (Lipinski definition) is 1. The molecule has 4 nitrogen and oxygen atoms in total. The molecule has 4 heteroatoms. The molecule has 0 radical (unpaired) electrons. The van der Waals surface area contributed by atoms with Gasteiger partial charge >= 0.3 is 0 Å². The van der Waals surface area contributed by atoms with Gasteiger partial charge in [0.05, 0.1) is 6.54 Å². The molecule has 0 aromatic rings. The molecule has 1 fully saturated rings. The molecule has 1 aliphatic rings. The molecule has 0 aromatic carbocycles. The van der Waals surface area contributed by atoms with Crippen LogP contribution in [0, 0.1) is 5.92 Å². The van der Waals surface area contributed by atoms with Crippen molar-refractivity contribution in [3.8, 4) is 0 Å². The first kappa shape index (κ1) is 15.4. The Morgan fingerprint density at radius 1 is 1.39 bits per heavy atom. The molecule has 0 aliphatic carbocycles. The first-order chi connectivity index (χ1) is 8.54. The summed E-state index contributed by atoms with van der Waals surface area (Å²) in [7, 11) is 3.65. The first-order valence-corrected chi connectivity index (χ1v) is 7.20. The number of rotatable bonds is 6. The summed E-state index contributed by atoms with van der Waals surface area (Å²) in [6.45, 7) is 8.30. The Hall–Kier alpha value is -0.610. The lowest BCUT2D eigenvalue weighted by molar-refractivity contribution is -0.130.